The Morgan fingerprint density at radius 3 is 1.79 bits per heavy atom. The van der Waals surface area contributed by atoms with Crippen LogP contribution in [0.1, 0.15) is 53.4 Å². The molecular weight excluding hydrogens is 175 g/mol. The van der Waals surface area contributed by atoms with Crippen LogP contribution in [-0.4, -0.2) is 18.3 Å². The van der Waals surface area contributed by atoms with E-state index >= 15 is 0 Å². The third kappa shape index (κ3) is 1.61. The number of hydrogen-bond donors (Lipinski definition) is 0. The summed E-state index contributed by atoms with van der Waals surface area (Å²) in [5.74, 6) is 0.635. The van der Waals surface area contributed by atoms with E-state index in [4.69, 9.17) is 9.31 Å². The van der Waals surface area contributed by atoms with Crippen molar-refractivity contribution in [1.29, 1.82) is 0 Å². The van der Waals surface area contributed by atoms with E-state index in [2.05, 4.69) is 27.7 Å². The standard InChI is InChI=1S/C11H21BO2/c1-10(2)11(3,4)14-12(13-10)9-7-5-6-8-9/h9H,5-8H2,1-4H3. The molecule has 1 heterocycles. The summed E-state index contributed by atoms with van der Waals surface area (Å²) in [6, 6.07) is 0. The van der Waals surface area contributed by atoms with Gasteiger partial charge in [0.1, 0.15) is 0 Å². The first-order valence-corrected chi connectivity index (χ1v) is 5.78. The predicted octanol–water partition coefficient (Wildman–Crippen LogP) is 3.02. The first kappa shape index (κ1) is 10.5. The second-order valence-electron chi connectivity index (χ2n) is 5.67. The minimum atomic E-state index is -0.153. The molecule has 1 aliphatic carbocycles. The van der Waals surface area contributed by atoms with Gasteiger partial charge in [0.15, 0.2) is 0 Å². The maximum Gasteiger partial charge on any atom is 0.461 e. The normalized spacial score (nSPS) is 31.3. The molecular formula is C11H21BO2. The zero-order valence-corrected chi connectivity index (χ0v) is 9.80. The zero-order valence-electron chi connectivity index (χ0n) is 9.80. The lowest BCUT2D eigenvalue weighted by atomic mass is 9.71. The van der Waals surface area contributed by atoms with Crippen molar-refractivity contribution in [3.8, 4) is 0 Å². The summed E-state index contributed by atoms with van der Waals surface area (Å²) in [7, 11) is 0.0440. The highest BCUT2D eigenvalue weighted by molar-refractivity contribution is 6.47. The van der Waals surface area contributed by atoms with Crippen LogP contribution in [0.4, 0.5) is 0 Å². The highest BCUT2D eigenvalue weighted by Crippen LogP contribution is 2.44. The van der Waals surface area contributed by atoms with Gasteiger partial charge in [-0.2, -0.15) is 0 Å². The van der Waals surface area contributed by atoms with Crippen LogP contribution in [0.2, 0.25) is 5.82 Å². The van der Waals surface area contributed by atoms with Crippen LogP contribution >= 0.6 is 0 Å². The Labute approximate surface area is 87.5 Å². The van der Waals surface area contributed by atoms with Crippen LogP contribution in [0.25, 0.3) is 0 Å². The van der Waals surface area contributed by atoms with Crippen molar-refractivity contribution in [3.05, 3.63) is 0 Å². The quantitative estimate of drug-likeness (QED) is 0.600. The molecule has 80 valence electrons. The molecule has 0 atom stereocenters. The van der Waals surface area contributed by atoms with Gasteiger partial charge in [0.2, 0.25) is 0 Å². The molecule has 1 aliphatic heterocycles. The van der Waals surface area contributed by atoms with Crippen LogP contribution in [0, 0.1) is 0 Å². The van der Waals surface area contributed by atoms with Crippen molar-refractivity contribution < 1.29 is 9.31 Å². The largest absolute Gasteiger partial charge is 0.461 e. The Morgan fingerprint density at radius 2 is 1.36 bits per heavy atom. The van der Waals surface area contributed by atoms with Crippen molar-refractivity contribution in [2.45, 2.75) is 70.4 Å². The Kier molecular flexibility index (Phi) is 2.43. The fourth-order valence-electron chi connectivity index (χ4n) is 2.31. The van der Waals surface area contributed by atoms with Gasteiger partial charge in [-0.05, 0) is 33.5 Å². The molecule has 0 spiro atoms. The molecule has 3 heteroatoms. The maximum atomic E-state index is 6.03. The molecule has 2 rings (SSSR count). The molecule has 0 bridgehead atoms. The number of hydrogen-bond acceptors (Lipinski definition) is 2. The van der Waals surface area contributed by atoms with Gasteiger partial charge in [-0.3, -0.25) is 0 Å². The molecule has 1 saturated carbocycles. The van der Waals surface area contributed by atoms with Gasteiger partial charge in [-0.1, -0.05) is 25.7 Å². The fourth-order valence-corrected chi connectivity index (χ4v) is 2.31. The van der Waals surface area contributed by atoms with Crippen molar-refractivity contribution in [2.24, 2.45) is 0 Å². The molecule has 0 unspecified atom stereocenters. The number of rotatable bonds is 1. The van der Waals surface area contributed by atoms with Gasteiger partial charge in [-0.25, -0.2) is 0 Å². The van der Waals surface area contributed by atoms with Gasteiger partial charge in [0, 0.05) is 0 Å². The third-order valence-corrected chi connectivity index (χ3v) is 4.06. The van der Waals surface area contributed by atoms with E-state index in [-0.39, 0.29) is 18.3 Å². The van der Waals surface area contributed by atoms with Crippen LogP contribution in [0.3, 0.4) is 0 Å². The molecule has 0 aromatic carbocycles. The summed E-state index contributed by atoms with van der Waals surface area (Å²) in [5.41, 5.74) is -0.305. The summed E-state index contributed by atoms with van der Waals surface area (Å²) in [4.78, 5) is 0. The maximum absolute atomic E-state index is 6.03. The van der Waals surface area contributed by atoms with Gasteiger partial charge in [0.25, 0.3) is 0 Å². The summed E-state index contributed by atoms with van der Waals surface area (Å²) in [6.45, 7) is 8.51. The molecule has 0 amide bonds. The minimum absolute atomic E-state index is 0.0440. The van der Waals surface area contributed by atoms with Gasteiger partial charge >= 0.3 is 7.12 Å². The van der Waals surface area contributed by atoms with E-state index in [0.717, 1.165) is 0 Å². The first-order valence-electron chi connectivity index (χ1n) is 5.78. The molecule has 0 radical (unpaired) electrons. The Morgan fingerprint density at radius 1 is 0.929 bits per heavy atom. The average molecular weight is 196 g/mol. The molecule has 0 aromatic rings. The Balaban J connectivity index is 2.05. The monoisotopic (exact) mass is 196 g/mol. The zero-order chi connectivity index (χ0) is 10.4. The third-order valence-electron chi connectivity index (χ3n) is 4.06. The Bertz CT molecular complexity index is 203. The lowest BCUT2D eigenvalue weighted by molar-refractivity contribution is 0.00578. The van der Waals surface area contributed by atoms with Crippen molar-refractivity contribution in [3.63, 3.8) is 0 Å². The van der Waals surface area contributed by atoms with Crippen LogP contribution in [0.15, 0.2) is 0 Å². The lowest BCUT2D eigenvalue weighted by Crippen LogP contribution is -2.41. The van der Waals surface area contributed by atoms with Crippen LogP contribution in [-0.2, 0) is 9.31 Å². The molecule has 2 aliphatic rings. The molecule has 0 aromatic heterocycles. The molecule has 2 nitrogen and oxygen atoms in total. The molecule has 14 heavy (non-hydrogen) atoms. The predicted molar refractivity (Wildman–Crippen MR) is 58.3 cm³/mol. The van der Waals surface area contributed by atoms with E-state index in [1.807, 2.05) is 0 Å². The van der Waals surface area contributed by atoms with Crippen molar-refractivity contribution >= 4 is 7.12 Å². The van der Waals surface area contributed by atoms with Gasteiger partial charge in [0.05, 0.1) is 11.2 Å². The Hall–Kier alpha value is -0.0151. The van der Waals surface area contributed by atoms with Gasteiger partial charge in [-0.15, -0.1) is 0 Å². The summed E-state index contributed by atoms with van der Waals surface area (Å²) >= 11 is 0. The molecule has 0 N–H and O–H groups in total. The van der Waals surface area contributed by atoms with Crippen molar-refractivity contribution in [1.82, 2.24) is 0 Å². The average Bonchev–Trinajstić information content (AvgIpc) is 2.58. The molecule has 1 saturated heterocycles. The van der Waals surface area contributed by atoms with Crippen LogP contribution in [0.5, 0.6) is 0 Å². The van der Waals surface area contributed by atoms with E-state index in [0.29, 0.717) is 5.82 Å². The summed E-state index contributed by atoms with van der Waals surface area (Å²) < 4.78 is 12.1. The topological polar surface area (TPSA) is 18.5 Å². The SMILES string of the molecule is CC1(C)OB(C2CCCC2)OC1(C)C. The lowest BCUT2D eigenvalue weighted by Gasteiger charge is -2.32. The minimum Gasteiger partial charge on any atom is -0.403 e. The summed E-state index contributed by atoms with van der Waals surface area (Å²) in [6.07, 6.45) is 5.23. The summed E-state index contributed by atoms with van der Waals surface area (Å²) in [5, 5.41) is 0. The second kappa shape index (κ2) is 3.24. The highest BCUT2D eigenvalue weighted by Gasteiger charge is 2.53. The fraction of sp³-hybridized carbons (Fsp3) is 1.00. The van der Waals surface area contributed by atoms with Gasteiger partial charge < -0.3 is 9.31 Å². The second-order valence-corrected chi connectivity index (χ2v) is 5.67. The molecule has 2 fully saturated rings. The van der Waals surface area contributed by atoms with E-state index in [1.54, 1.807) is 0 Å². The van der Waals surface area contributed by atoms with E-state index in [1.165, 1.54) is 25.7 Å². The van der Waals surface area contributed by atoms with E-state index in [9.17, 15) is 0 Å². The highest BCUT2D eigenvalue weighted by atomic mass is 16.7. The van der Waals surface area contributed by atoms with Crippen LogP contribution < -0.4 is 0 Å². The smallest absolute Gasteiger partial charge is 0.403 e. The van der Waals surface area contributed by atoms with E-state index < -0.39 is 0 Å². The van der Waals surface area contributed by atoms with Crippen molar-refractivity contribution in [2.75, 3.05) is 0 Å². The first-order chi connectivity index (χ1) is 6.42.